The molecule has 0 aromatic heterocycles. The first kappa shape index (κ1) is 14.3. The fourth-order valence-corrected chi connectivity index (χ4v) is 2.69. The van der Waals surface area contributed by atoms with Gasteiger partial charge in [0.25, 0.3) is 5.69 Å². The van der Waals surface area contributed by atoms with Gasteiger partial charge in [0.15, 0.2) is 0 Å². The highest BCUT2D eigenvalue weighted by Gasteiger charge is 2.27. The standard InChI is InChI=1S/C14H19BrN2O2/c1-10(2)16(9-11-3-4-11)14-6-5-13(17(18)19)7-12(14)8-15/h5-7,10-11H,3-4,8-9H2,1-2H3. The van der Waals surface area contributed by atoms with E-state index in [1.54, 1.807) is 12.1 Å². The predicted octanol–water partition coefficient (Wildman–Crippen LogP) is 4.11. The molecule has 0 aliphatic heterocycles. The molecule has 0 heterocycles. The van der Waals surface area contributed by atoms with Gasteiger partial charge in [0.1, 0.15) is 0 Å². The van der Waals surface area contributed by atoms with Crippen molar-refractivity contribution in [2.75, 3.05) is 11.4 Å². The van der Waals surface area contributed by atoms with E-state index in [2.05, 4.69) is 34.7 Å². The smallest absolute Gasteiger partial charge is 0.269 e. The number of benzene rings is 1. The highest BCUT2D eigenvalue weighted by Crippen LogP contribution is 2.35. The minimum Gasteiger partial charge on any atom is -0.369 e. The molecular weight excluding hydrogens is 308 g/mol. The zero-order valence-corrected chi connectivity index (χ0v) is 12.9. The summed E-state index contributed by atoms with van der Waals surface area (Å²) in [4.78, 5) is 12.9. The van der Waals surface area contributed by atoms with Gasteiger partial charge in [0.05, 0.1) is 4.92 Å². The van der Waals surface area contributed by atoms with Crippen LogP contribution >= 0.6 is 15.9 Å². The van der Waals surface area contributed by atoms with Crippen LogP contribution in [0, 0.1) is 16.0 Å². The molecule has 0 bridgehead atoms. The molecule has 0 radical (unpaired) electrons. The third-order valence-corrected chi connectivity index (χ3v) is 4.11. The van der Waals surface area contributed by atoms with Gasteiger partial charge in [-0.15, -0.1) is 0 Å². The number of hydrogen-bond donors (Lipinski definition) is 0. The zero-order valence-electron chi connectivity index (χ0n) is 11.3. The van der Waals surface area contributed by atoms with Crippen LogP contribution in [0.3, 0.4) is 0 Å². The van der Waals surface area contributed by atoms with Crippen molar-refractivity contribution in [1.82, 2.24) is 0 Å². The van der Waals surface area contributed by atoms with E-state index in [9.17, 15) is 10.1 Å². The molecule has 1 aromatic rings. The van der Waals surface area contributed by atoms with Gasteiger partial charge in [-0.1, -0.05) is 15.9 Å². The fraction of sp³-hybridized carbons (Fsp3) is 0.571. The van der Waals surface area contributed by atoms with Gasteiger partial charge < -0.3 is 4.90 Å². The molecule has 1 fully saturated rings. The average molecular weight is 327 g/mol. The van der Waals surface area contributed by atoms with Crippen LogP contribution in [0.1, 0.15) is 32.3 Å². The van der Waals surface area contributed by atoms with Crippen molar-refractivity contribution in [2.45, 2.75) is 38.1 Å². The van der Waals surface area contributed by atoms with E-state index in [0.717, 1.165) is 23.7 Å². The number of rotatable bonds is 6. The normalized spacial score (nSPS) is 14.7. The Kier molecular flexibility index (Phi) is 4.45. The Morgan fingerprint density at radius 2 is 2.16 bits per heavy atom. The van der Waals surface area contributed by atoms with Crippen molar-refractivity contribution in [3.63, 3.8) is 0 Å². The molecule has 1 aliphatic carbocycles. The lowest BCUT2D eigenvalue weighted by Gasteiger charge is -2.30. The number of non-ortho nitro benzene ring substituents is 1. The lowest BCUT2D eigenvalue weighted by Crippen LogP contribution is -2.33. The van der Waals surface area contributed by atoms with Crippen molar-refractivity contribution in [2.24, 2.45) is 5.92 Å². The monoisotopic (exact) mass is 326 g/mol. The summed E-state index contributed by atoms with van der Waals surface area (Å²) in [6.45, 7) is 5.39. The minimum absolute atomic E-state index is 0.160. The highest BCUT2D eigenvalue weighted by atomic mass is 79.9. The Labute approximate surface area is 122 Å². The molecular formula is C14H19BrN2O2. The van der Waals surface area contributed by atoms with E-state index in [1.807, 2.05) is 6.07 Å². The number of nitro groups is 1. The van der Waals surface area contributed by atoms with E-state index < -0.39 is 0 Å². The SMILES string of the molecule is CC(C)N(CC1CC1)c1ccc([N+](=O)[O-])cc1CBr. The van der Waals surface area contributed by atoms with Crippen LogP contribution in [0.15, 0.2) is 18.2 Å². The first-order valence-corrected chi connectivity index (χ1v) is 7.75. The van der Waals surface area contributed by atoms with Gasteiger partial charge in [0, 0.05) is 35.7 Å². The van der Waals surface area contributed by atoms with Gasteiger partial charge in [-0.25, -0.2) is 0 Å². The van der Waals surface area contributed by atoms with Crippen LogP contribution in [0.2, 0.25) is 0 Å². The Bertz CT molecular complexity index is 473. The molecule has 0 amide bonds. The van der Waals surface area contributed by atoms with Crippen LogP contribution in [0.4, 0.5) is 11.4 Å². The van der Waals surface area contributed by atoms with Crippen molar-refractivity contribution in [3.8, 4) is 0 Å². The summed E-state index contributed by atoms with van der Waals surface area (Å²) in [5.41, 5.74) is 2.27. The van der Waals surface area contributed by atoms with Crippen LogP contribution in [0.25, 0.3) is 0 Å². The lowest BCUT2D eigenvalue weighted by molar-refractivity contribution is -0.384. The molecule has 0 saturated heterocycles. The minimum atomic E-state index is -0.337. The molecule has 0 N–H and O–H groups in total. The second kappa shape index (κ2) is 5.90. The van der Waals surface area contributed by atoms with Crippen molar-refractivity contribution < 1.29 is 4.92 Å². The number of nitrogens with zero attached hydrogens (tertiary/aromatic N) is 2. The Morgan fingerprint density at radius 1 is 1.47 bits per heavy atom. The summed E-state index contributed by atoms with van der Waals surface area (Å²) in [5, 5.41) is 11.5. The summed E-state index contributed by atoms with van der Waals surface area (Å²) in [5.74, 6) is 0.792. The first-order chi connectivity index (χ1) is 9.02. The zero-order chi connectivity index (χ0) is 14.0. The maximum Gasteiger partial charge on any atom is 0.269 e. The molecule has 0 spiro atoms. The van der Waals surface area contributed by atoms with Crippen LogP contribution < -0.4 is 4.90 Å². The number of hydrogen-bond acceptors (Lipinski definition) is 3. The van der Waals surface area contributed by atoms with Gasteiger partial charge in [-0.05, 0) is 44.2 Å². The summed E-state index contributed by atoms with van der Waals surface area (Å²) in [6, 6.07) is 5.56. The molecule has 1 saturated carbocycles. The van der Waals surface area contributed by atoms with E-state index in [-0.39, 0.29) is 10.6 Å². The van der Waals surface area contributed by atoms with E-state index in [0.29, 0.717) is 11.4 Å². The van der Waals surface area contributed by atoms with Gasteiger partial charge in [0.2, 0.25) is 0 Å². The van der Waals surface area contributed by atoms with E-state index >= 15 is 0 Å². The molecule has 0 atom stereocenters. The number of alkyl halides is 1. The van der Waals surface area contributed by atoms with E-state index in [4.69, 9.17) is 0 Å². The summed E-state index contributed by atoms with van der Waals surface area (Å²) in [6.07, 6.45) is 2.61. The highest BCUT2D eigenvalue weighted by molar-refractivity contribution is 9.08. The van der Waals surface area contributed by atoms with Crippen LogP contribution in [-0.2, 0) is 5.33 Å². The molecule has 5 heteroatoms. The third-order valence-electron chi connectivity index (χ3n) is 3.50. The number of anilines is 1. The fourth-order valence-electron chi connectivity index (χ4n) is 2.24. The molecule has 1 aromatic carbocycles. The summed E-state index contributed by atoms with van der Waals surface area (Å²) >= 11 is 3.44. The lowest BCUT2D eigenvalue weighted by atomic mass is 10.1. The van der Waals surface area contributed by atoms with Gasteiger partial charge in [-0.3, -0.25) is 10.1 Å². The molecule has 19 heavy (non-hydrogen) atoms. The second-order valence-electron chi connectivity index (χ2n) is 5.39. The van der Waals surface area contributed by atoms with Crippen molar-refractivity contribution in [1.29, 1.82) is 0 Å². The quantitative estimate of drug-likeness (QED) is 0.449. The van der Waals surface area contributed by atoms with Crippen LogP contribution in [-0.4, -0.2) is 17.5 Å². The Hall–Kier alpha value is -1.10. The largest absolute Gasteiger partial charge is 0.369 e. The van der Waals surface area contributed by atoms with Gasteiger partial charge in [-0.2, -0.15) is 0 Å². The number of nitro benzene ring substituents is 1. The molecule has 4 nitrogen and oxygen atoms in total. The van der Waals surface area contributed by atoms with Gasteiger partial charge >= 0.3 is 0 Å². The maximum absolute atomic E-state index is 10.8. The summed E-state index contributed by atoms with van der Waals surface area (Å²) in [7, 11) is 0. The second-order valence-corrected chi connectivity index (χ2v) is 5.95. The molecule has 0 unspecified atom stereocenters. The predicted molar refractivity (Wildman–Crippen MR) is 80.9 cm³/mol. The van der Waals surface area contributed by atoms with Crippen molar-refractivity contribution in [3.05, 3.63) is 33.9 Å². The summed E-state index contributed by atoms with van der Waals surface area (Å²) < 4.78 is 0. The average Bonchev–Trinajstić information content (AvgIpc) is 3.18. The maximum atomic E-state index is 10.8. The topological polar surface area (TPSA) is 46.4 Å². The molecule has 104 valence electrons. The molecule has 1 aliphatic rings. The third kappa shape index (κ3) is 3.47. The Morgan fingerprint density at radius 3 is 2.63 bits per heavy atom. The van der Waals surface area contributed by atoms with E-state index in [1.165, 1.54) is 12.8 Å². The number of halogens is 1. The van der Waals surface area contributed by atoms with Crippen LogP contribution in [0.5, 0.6) is 0 Å². The van der Waals surface area contributed by atoms with Crippen molar-refractivity contribution >= 4 is 27.3 Å². The molecule has 2 rings (SSSR count). The Balaban J connectivity index is 2.31. The first-order valence-electron chi connectivity index (χ1n) is 6.63.